The number of rotatable bonds is 3. The first-order valence-corrected chi connectivity index (χ1v) is 8.43. The Morgan fingerprint density at radius 1 is 1.09 bits per heavy atom. The largest absolute Gasteiger partial charge is 0.323 e. The minimum Gasteiger partial charge on any atom is -0.267 e. The van der Waals surface area contributed by atoms with Crippen molar-refractivity contribution < 1.29 is 8.42 Å². The minimum absolute atomic E-state index is 0.446. The van der Waals surface area contributed by atoms with Crippen LogP contribution in [0.15, 0.2) is 48.5 Å². The van der Waals surface area contributed by atoms with E-state index in [4.69, 9.17) is 5.26 Å². The SMILES string of the molecule is N#Cc1ccc(NS(=O)(=O)N2CCCc3ccccc32)cc1. The molecule has 0 amide bonds. The summed E-state index contributed by atoms with van der Waals surface area (Å²) in [5.41, 5.74) is 2.71. The van der Waals surface area contributed by atoms with Crippen molar-refractivity contribution in [2.45, 2.75) is 12.8 Å². The van der Waals surface area contributed by atoms with E-state index in [9.17, 15) is 8.42 Å². The fourth-order valence-electron chi connectivity index (χ4n) is 2.57. The molecule has 1 heterocycles. The van der Waals surface area contributed by atoms with Crippen molar-refractivity contribution in [1.82, 2.24) is 0 Å². The molecule has 1 aliphatic heterocycles. The molecule has 0 saturated heterocycles. The maximum atomic E-state index is 12.6. The van der Waals surface area contributed by atoms with Gasteiger partial charge in [-0.25, -0.2) is 0 Å². The summed E-state index contributed by atoms with van der Waals surface area (Å²) in [7, 11) is -3.67. The van der Waals surface area contributed by atoms with E-state index in [1.165, 1.54) is 4.31 Å². The third kappa shape index (κ3) is 2.76. The van der Waals surface area contributed by atoms with Crippen LogP contribution in [0.3, 0.4) is 0 Å². The number of nitriles is 1. The van der Waals surface area contributed by atoms with Crippen LogP contribution in [0.25, 0.3) is 0 Å². The van der Waals surface area contributed by atoms with E-state index >= 15 is 0 Å². The van der Waals surface area contributed by atoms with Crippen molar-refractivity contribution in [3.8, 4) is 6.07 Å². The fraction of sp³-hybridized carbons (Fsp3) is 0.188. The summed E-state index contributed by atoms with van der Waals surface area (Å²) in [6.45, 7) is 0.461. The van der Waals surface area contributed by atoms with Gasteiger partial charge in [0.1, 0.15) is 0 Å². The molecular formula is C16H15N3O2S. The van der Waals surface area contributed by atoms with Crippen molar-refractivity contribution in [2.75, 3.05) is 15.6 Å². The van der Waals surface area contributed by atoms with Gasteiger partial charge in [-0.15, -0.1) is 0 Å². The number of para-hydroxylation sites is 1. The van der Waals surface area contributed by atoms with Crippen LogP contribution in [-0.4, -0.2) is 15.0 Å². The lowest BCUT2D eigenvalue weighted by Gasteiger charge is -2.30. The number of hydrogen-bond donors (Lipinski definition) is 1. The van der Waals surface area contributed by atoms with Gasteiger partial charge < -0.3 is 0 Å². The average Bonchev–Trinajstić information content (AvgIpc) is 2.54. The molecule has 0 aromatic heterocycles. The van der Waals surface area contributed by atoms with Crippen LogP contribution in [0.1, 0.15) is 17.5 Å². The van der Waals surface area contributed by atoms with Gasteiger partial charge in [-0.2, -0.15) is 13.7 Å². The maximum absolute atomic E-state index is 12.6. The molecule has 0 saturated carbocycles. The predicted molar refractivity (Wildman–Crippen MR) is 85.8 cm³/mol. The van der Waals surface area contributed by atoms with E-state index in [0.29, 0.717) is 17.8 Å². The van der Waals surface area contributed by atoms with Gasteiger partial charge in [-0.1, -0.05) is 18.2 Å². The second kappa shape index (κ2) is 5.70. The first-order valence-electron chi connectivity index (χ1n) is 6.99. The van der Waals surface area contributed by atoms with Gasteiger partial charge in [0.25, 0.3) is 0 Å². The topological polar surface area (TPSA) is 73.2 Å². The molecule has 1 N–H and O–H groups in total. The van der Waals surface area contributed by atoms with Gasteiger partial charge in [0.15, 0.2) is 0 Å². The Kier molecular flexibility index (Phi) is 3.73. The minimum atomic E-state index is -3.67. The fourth-order valence-corrected chi connectivity index (χ4v) is 3.92. The standard InChI is InChI=1S/C16H15N3O2S/c17-12-13-7-9-15(10-8-13)18-22(20,21)19-11-3-5-14-4-1-2-6-16(14)19/h1-2,4,6-10,18H,3,5,11H2. The highest BCUT2D eigenvalue weighted by molar-refractivity contribution is 7.94. The molecule has 0 fully saturated rings. The Bertz CT molecular complexity index is 823. The van der Waals surface area contributed by atoms with Gasteiger partial charge in [-0.3, -0.25) is 9.03 Å². The number of anilines is 2. The molecule has 1 aliphatic rings. The van der Waals surface area contributed by atoms with Gasteiger partial charge >= 0.3 is 10.2 Å². The lowest BCUT2D eigenvalue weighted by molar-refractivity contribution is 0.592. The molecule has 5 nitrogen and oxygen atoms in total. The van der Waals surface area contributed by atoms with Crippen LogP contribution in [-0.2, 0) is 16.6 Å². The maximum Gasteiger partial charge on any atom is 0.323 e. The van der Waals surface area contributed by atoms with Crippen molar-refractivity contribution in [3.63, 3.8) is 0 Å². The predicted octanol–water partition coefficient (Wildman–Crippen LogP) is 2.67. The van der Waals surface area contributed by atoms with Gasteiger partial charge in [0.05, 0.1) is 23.0 Å². The molecule has 112 valence electrons. The third-order valence-electron chi connectivity index (χ3n) is 3.62. The molecule has 0 bridgehead atoms. The highest BCUT2D eigenvalue weighted by Gasteiger charge is 2.27. The summed E-state index contributed by atoms with van der Waals surface area (Å²) >= 11 is 0. The first kappa shape index (κ1) is 14.4. The highest BCUT2D eigenvalue weighted by Crippen LogP contribution is 2.29. The second-order valence-corrected chi connectivity index (χ2v) is 6.70. The molecule has 3 rings (SSSR count). The molecule has 2 aromatic rings. The number of fused-ring (bicyclic) bond motifs is 1. The van der Waals surface area contributed by atoms with E-state index in [2.05, 4.69) is 4.72 Å². The Labute approximate surface area is 130 Å². The van der Waals surface area contributed by atoms with Gasteiger partial charge in [0, 0.05) is 6.54 Å². The molecule has 0 unspecified atom stereocenters. The molecule has 22 heavy (non-hydrogen) atoms. The Morgan fingerprint density at radius 3 is 2.55 bits per heavy atom. The van der Waals surface area contributed by atoms with Crippen LogP contribution >= 0.6 is 0 Å². The quantitative estimate of drug-likeness (QED) is 0.946. The van der Waals surface area contributed by atoms with E-state index < -0.39 is 10.2 Å². The Hall–Kier alpha value is -2.52. The van der Waals surface area contributed by atoms with Gasteiger partial charge in [0.2, 0.25) is 0 Å². The van der Waals surface area contributed by atoms with Gasteiger partial charge in [-0.05, 0) is 48.7 Å². The van der Waals surface area contributed by atoms with Crippen molar-refractivity contribution >= 4 is 21.6 Å². The van der Waals surface area contributed by atoms with Crippen LogP contribution in [0.2, 0.25) is 0 Å². The number of nitrogens with one attached hydrogen (secondary N) is 1. The molecule has 6 heteroatoms. The Morgan fingerprint density at radius 2 is 1.82 bits per heavy atom. The summed E-state index contributed by atoms with van der Waals surface area (Å²) in [4.78, 5) is 0. The molecule has 0 spiro atoms. The summed E-state index contributed by atoms with van der Waals surface area (Å²) in [6, 6.07) is 15.9. The van der Waals surface area contributed by atoms with Crippen LogP contribution in [0, 0.1) is 11.3 Å². The molecular weight excluding hydrogens is 298 g/mol. The monoisotopic (exact) mass is 313 g/mol. The number of nitrogens with zero attached hydrogens (tertiary/aromatic N) is 2. The lowest BCUT2D eigenvalue weighted by Crippen LogP contribution is -2.39. The Balaban J connectivity index is 1.89. The van der Waals surface area contributed by atoms with E-state index in [0.717, 1.165) is 24.1 Å². The third-order valence-corrected chi connectivity index (χ3v) is 5.07. The summed E-state index contributed by atoms with van der Waals surface area (Å²) in [6.07, 6.45) is 1.68. The average molecular weight is 313 g/mol. The lowest BCUT2D eigenvalue weighted by atomic mass is 10.0. The van der Waals surface area contributed by atoms with E-state index in [1.54, 1.807) is 24.3 Å². The first-order chi connectivity index (χ1) is 10.6. The molecule has 2 aromatic carbocycles. The molecule has 0 radical (unpaired) electrons. The van der Waals surface area contributed by atoms with Crippen LogP contribution in [0.4, 0.5) is 11.4 Å². The summed E-state index contributed by atoms with van der Waals surface area (Å²) < 4.78 is 29.2. The van der Waals surface area contributed by atoms with Crippen LogP contribution in [0.5, 0.6) is 0 Å². The van der Waals surface area contributed by atoms with E-state index in [1.807, 2.05) is 30.3 Å². The number of aryl methyl sites for hydroxylation is 1. The second-order valence-electron chi connectivity index (χ2n) is 5.10. The zero-order chi connectivity index (χ0) is 15.6. The summed E-state index contributed by atoms with van der Waals surface area (Å²) in [5, 5.41) is 8.78. The number of benzene rings is 2. The zero-order valence-electron chi connectivity index (χ0n) is 11.9. The highest BCUT2D eigenvalue weighted by atomic mass is 32.2. The summed E-state index contributed by atoms with van der Waals surface area (Å²) in [5.74, 6) is 0. The van der Waals surface area contributed by atoms with Crippen molar-refractivity contribution in [1.29, 1.82) is 5.26 Å². The van der Waals surface area contributed by atoms with E-state index in [-0.39, 0.29) is 0 Å². The smallest absolute Gasteiger partial charge is 0.267 e. The molecule has 0 aliphatic carbocycles. The normalized spacial score (nSPS) is 14.0. The molecule has 0 atom stereocenters. The van der Waals surface area contributed by atoms with Crippen molar-refractivity contribution in [3.05, 3.63) is 59.7 Å². The van der Waals surface area contributed by atoms with Crippen molar-refractivity contribution in [2.24, 2.45) is 0 Å². The zero-order valence-corrected chi connectivity index (χ0v) is 12.7. The number of hydrogen-bond acceptors (Lipinski definition) is 3. The van der Waals surface area contributed by atoms with Crippen LogP contribution < -0.4 is 9.03 Å².